The first-order valence-electron chi connectivity index (χ1n) is 10.0. The zero-order chi connectivity index (χ0) is 31.1. The SMILES string of the molecule is Cc1cc(C#N)ccc1OCCCCC(F)(F)C(F)(F)C(F)(F)C(F)(F)C(F)(F)C(F)(F)C(F)(F)C(F)(F)F. The van der Waals surface area contributed by atoms with E-state index in [1.165, 1.54) is 25.1 Å². The van der Waals surface area contributed by atoms with Crippen LogP contribution in [0.3, 0.4) is 0 Å². The average molecular weight is 607 g/mol. The van der Waals surface area contributed by atoms with Crippen LogP contribution in [-0.2, 0) is 0 Å². The minimum Gasteiger partial charge on any atom is -0.493 e. The van der Waals surface area contributed by atoms with Gasteiger partial charge in [-0.3, -0.25) is 0 Å². The molecule has 39 heavy (non-hydrogen) atoms. The lowest BCUT2D eigenvalue weighted by atomic mass is 9.88. The number of hydrogen-bond donors (Lipinski definition) is 0. The third kappa shape index (κ3) is 5.52. The molecule has 19 heteroatoms. The second kappa shape index (κ2) is 10.4. The Morgan fingerprint density at radius 3 is 1.49 bits per heavy atom. The monoisotopic (exact) mass is 607 g/mol. The van der Waals surface area contributed by atoms with E-state index < -0.39 is 73.5 Å². The van der Waals surface area contributed by atoms with Gasteiger partial charge in [0.25, 0.3) is 0 Å². The van der Waals surface area contributed by atoms with Crippen molar-refractivity contribution in [1.82, 2.24) is 0 Å². The first-order chi connectivity index (χ1) is 17.2. The van der Waals surface area contributed by atoms with E-state index in [-0.39, 0.29) is 11.3 Å². The normalized spacial score (nSPS) is 14.8. The minimum atomic E-state index is -8.63. The molecule has 1 aromatic rings. The lowest BCUT2D eigenvalue weighted by Crippen LogP contribution is -2.74. The van der Waals surface area contributed by atoms with Crippen LogP contribution in [-0.4, -0.2) is 54.2 Å². The van der Waals surface area contributed by atoms with Crippen LogP contribution < -0.4 is 4.74 Å². The summed E-state index contributed by atoms with van der Waals surface area (Å²) in [5.74, 6) is -56.2. The van der Waals surface area contributed by atoms with Gasteiger partial charge in [0, 0.05) is 6.42 Å². The smallest absolute Gasteiger partial charge is 0.460 e. The van der Waals surface area contributed by atoms with Crippen LogP contribution in [0.4, 0.5) is 74.6 Å². The largest absolute Gasteiger partial charge is 0.493 e. The molecule has 0 atom stereocenters. The first-order valence-corrected chi connectivity index (χ1v) is 10.0. The van der Waals surface area contributed by atoms with Crippen molar-refractivity contribution in [3.8, 4) is 11.8 Å². The zero-order valence-corrected chi connectivity index (χ0v) is 18.8. The maximum absolute atomic E-state index is 13.8. The average Bonchev–Trinajstić information content (AvgIpc) is 2.77. The number of hydrogen-bond acceptors (Lipinski definition) is 2. The fourth-order valence-corrected chi connectivity index (χ4v) is 2.87. The molecule has 0 fully saturated rings. The summed E-state index contributed by atoms with van der Waals surface area (Å²) in [5, 5.41) is 8.72. The molecule has 0 amide bonds. The van der Waals surface area contributed by atoms with Crippen LogP contribution in [0.1, 0.15) is 30.4 Å². The number of aryl methyl sites for hydroxylation is 1. The van der Waals surface area contributed by atoms with Gasteiger partial charge in [-0.15, -0.1) is 0 Å². The van der Waals surface area contributed by atoms with Crippen LogP contribution in [0, 0.1) is 18.3 Å². The second-order valence-corrected chi connectivity index (χ2v) is 8.05. The first kappa shape index (κ1) is 34.3. The van der Waals surface area contributed by atoms with Crippen LogP contribution in [0.15, 0.2) is 18.2 Å². The zero-order valence-electron chi connectivity index (χ0n) is 18.8. The Morgan fingerprint density at radius 1 is 0.641 bits per heavy atom. The van der Waals surface area contributed by atoms with Crippen LogP contribution in [0.25, 0.3) is 0 Å². The van der Waals surface area contributed by atoms with Gasteiger partial charge in [0.2, 0.25) is 0 Å². The van der Waals surface area contributed by atoms with Crippen molar-refractivity contribution in [3.63, 3.8) is 0 Å². The molecule has 0 spiro atoms. The van der Waals surface area contributed by atoms with Crippen LogP contribution in [0.5, 0.6) is 5.75 Å². The van der Waals surface area contributed by atoms with Gasteiger partial charge in [0.15, 0.2) is 0 Å². The fourth-order valence-electron chi connectivity index (χ4n) is 2.87. The molecule has 1 rings (SSSR count). The molecule has 0 saturated heterocycles. The summed E-state index contributed by atoms with van der Waals surface area (Å²) in [4.78, 5) is 0. The summed E-state index contributed by atoms with van der Waals surface area (Å²) >= 11 is 0. The van der Waals surface area contributed by atoms with E-state index in [9.17, 15) is 74.6 Å². The number of nitriles is 1. The number of unbranched alkanes of at least 4 members (excludes halogenated alkanes) is 1. The number of nitrogens with zero attached hydrogens (tertiary/aromatic N) is 1. The van der Waals surface area contributed by atoms with Crippen molar-refractivity contribution < 1.29 is 79.4 Å². The van der Waals surface area contributed by atoms with Crippen LogP contribution >= 0.6 is 0 Å². The summed E-state index contributed by atoms with van der Waals surface area (Å²) in [6.45, 7) is 0.800. The molecule has 224 valence electrons. The molecule has 0 aliphatic carbocycles. The number of rotatable bonds is 12. The van der Waals surface area contributed by atoms with Crippen molar-refractivity contribution >= 4 is 0 Å². The van der Waals surface area contributed by atoms with Gasteiger partial charge in [0.05, 0.1) is 18.2 Å². The molecule has 2 nitrogen and oxygen atoms in total. The van der Waals surface area contributed by atoms with E-state index in [2.05, 4.69) is 0 Å². The van der Waals surface area contributed by atoms with Crippen molar-refractivity contribution in [2.24, 2.45) is 0 Å². The molecular weight excluding hydrogens is 593 g/mol. The number of benzene rings is 1. The highest BCUT2D eigenvalue weighted by molar-refractivity contribution is 5.41. The summed E-state index contributed by atoms with van der Waals surface area (Å²) in [5.41, 5.74) is 0.492. The third-order valence-electron chi connectivity index (χ3n) is 5.23. The minimum absolute atomic E-state index is 0.0380. The second-order valence-electron chi connectivity index (χ2n) is 8.05. The van der Waals surface area contributed by atoms with Crippen molar-refractivity contribution in [2.75, 3.05) is 6.61 Å². The Balaban J connectivity index is 3.13. The molecule has 1 aromatic carbocycles. The molecule has 0 bridgehead atoms. The van der Waals surface area contributed by atoms with Crippen molar-refractivity contribution in [1.29, 1.82) is 5.26 Å². The number of ether oxygens (including phenoxy) is 1. The standard InChI is InChI=1S/C20H14F17NO/c1-10-8-11(9-38)4-5-12(10)39-7-3-2-6-13(21,22)14(23,24)15(25,26)16(27,28)17(29,30)18(31,32)19(33,34)20(35,36)37/h4-5,8H,2-3,6-7H2,1H3. The molecule has 0 aliphatic rings. The highest BCUT2D eigenvalue weighted by atomic mass is 19.4. The molecule has 0 heterocycles. The number of halogens is 17. The van der Waals surface area contributed by atoms with E-state index in [1.54, 1.807) is 6.07 Å². The molecular formula is C20H14F17NO. The molecule has 0 aliphatic heterocycles. The van der Waals surface area contributed by atoms with E-state index in [4.69, 9.17) is 10.00 Å². The van der Waals surface area contributed by atoms with Crippen LogP contribution in [0.2, 0.25) is 0 Å². The Bertz CT molecular complexity index is 1060. The molecule has 0 N–H and O–H groups in total. The number of alkyl halides is 17. The fraction of sp³-hybridized carbons (Fsp3) is 0.650. The predicted molar refractivity (Wildman–Crippen MR) is 95.9 cm³/mol. The van der Waals surface area contributed by atoms with Gasteiger partial charge in [-0.05, 0) is 43.5 Å². The lowest BCUT2D eigenvalue weighted by Gasteiger charge is -2.42. The Hall–Kier alpha value is -2.68. The Kier molecular flexibility index (Phi) is 9.14. The van der Waals surface area contributed by atoms with E-state index in [1.807, 2.05) is 0 Å². The highest BCUT2D eigenvalue weighted by Gasteiger charge is 2.95. The molecule has 0 saturated carbocycles. The van der Waals surface area contributed by atoms with Gasteiger partial charge >= 0.3 is 47.6 Å². The molecule has 0 unspecified atom stereocenters. The van der Waals surface area contributed by atoms with E-state index in [0.29, 0.717) is 5.56 Å². The Morgan fingerprint density at radius 2 is 1.08 bits per heavy atom. The van der Waals surface area contributed by atoms with Gasteiger partial charge in [0.1, 0.15) is 5.75 Å². The van der Waals surface area contributed by atoms with Gasteiger partial charge in [-0.2, -0.15) is 79.9 Å². The highest BCUT2D eigenvalue weighted by Crippen LogP contribution is 2.64. The summed E-state index contributed by atoms with van der Waals surface area (Å²) in [6, 6.07) is 5.52. The van der Waals surface area contributed by atoms with E-state index in [0.717, 1.165) is 0 Å². The van der Waals surface area contributed by atoms with Crippen molar-refractivity contribution in [2.45, 2.75) is 73.8 Å². The lowest BCUT2D eigenvalue weighted by molar-refractivity contribution is -0.461. The van der Waals surface area contributed by atoms with Gasteiger partial charge < -0.3 is 4.74 Å². The maximum Gasteiger partial charge on any atom is 0.460 e. The molecule has 0 aromatic heterocycles. The summed E-state index contributed by atoms with van der Waals surface area (Å²) in [7, 11) is 0. The third-order valence-corrected chi connectivity index (χ3v) is 5.23. The topological polar surface area (TPSA) is 33.0 Å². The Labute approximate surface area is 207 Å². The quantitative estimate of drug-likeness (QED) is 0.177. The van der Waals surface area contributed by atoms with Gasteiger partial charge in [-0.1, -0.05) is 0 Å². The van der Waals surface area contributed by atoms with E-state index >= 15 is 0 Å². The predicted octanol–water partition coefficient (Wildman–Crippen LogP) is 8.43. The maximum atomic E-state index is 13.8. The summed E-state index contributed by atoms with van der Waals surface area (Å²) in [6.07, 6.45) is -12.3. The van der Waals surface area contributed by atoms with Gasteiger partial charge in [-0.25, -0.2) is 0 Å². The molecule has 0 radical (unpaired) electrons. The van der Waals surface area contributed by atoms with Crippen molar-refractivity contribution in [3.05, 3.63) is 29.3 Å². The summed E-state index contributed by atoms with van der Waals surface area (Å²) < 4.78 is 230.